The molecule has 1 N–H and O–H groups in total. The van der Waals surface area contributed by atoms with Gasteiger partial charge in [0.05, 0.1) is 30.3 Å². The van der Waals surface area contributed by atoms with Gasteiger partial charge in [-0.15, -0.1) is 0 Å². The van der Waals surface area contributed by atoms with Crippen LogP contribution in [0.25, 0.3) is 0 Å². The first kappa shape index (κ1) is 15.7. The van der Waals surface area contributed by atoms with Crippen molar-refractivity contribution in [3.05, 3.63) is 53.6 Å². The molecule has 2 heterocycles. The van der Waals surface area contributed by atoms with E-state index in [1.807, 2.05) is 0 Å². The number of hydrogen-bond acceptors (Lipinski definition) is 5. The summed E-state index contributed by atoms with van der Waals surface area (Å²) in [6, 6.07) is 6.60. The zero-order chi connectivity index (χ0) is 17.6. The number of fused-ring (bicyclic) bond motifs is 1. The summed E-state index contributed by atoms with van der Waals surface area (Å²) in [6.45, 7) is -0.0250. The largest absolute Gasteiger partial charge is 0.389 e. The molecular weight excluding hydrogens is 322 g/mol. The molecule has 0 radical (unpaired) electrons. The second-order valence-corrected chi connectivity index (χ2v) is 6.46. The maximum atomic E-state index is 12.3. The van der Waals surface area contributed by atoms with Crippen molar-refractivity contribution in [1.29, 1.82) is 0 Å². The Bertz CT molecular complexity index is 834. The molecule has 2 aromatic rings. The quantitative estimate of drug-likeness (QED) is 0.629. The van der Waals surface area contributed by atoms with Crippen LogP contribution in [0.3, 0.4) is 0 Å². The Balaban J connectivity index is 1.46. The van der Waals surface area contributed by atoms with Crippen molar-refractivity contribution in [2.24, 2.45) is 5.92 Å². The Morgan fingerprint density at radius 1 is 1.16 bits per heavy atom. The van der Waals surface area contributed by atoms with E-state index in [1.54, 1.807) is 35.0 Å². The number of aliphatic hydroxyl groups excluding tert-OH is 1. The minimum atomic E-state index is -0.984. The highest BCUT2D eigenvalue weighted by Crippen LogP contribution is 2.32. The second kappa shape index (κ2) is 5.93. The van der Waals surface area contributed by atoms with Gasteiger partial charge in [-0.25, -0.2) is 4.98 Å². The topological polar surface area (TPSA) is 92.5 Å². The lowest BCUT2D eigenvalue weighted by Gasteiger charge is -2.19. The Kier molecular flexibility index (Phi) is 3.73. The van der Waals surface area contributed by atoms with Gasteiger partial charge in [-0.05, 0) is 25.0 Å². The fourth-order valence-electron chi connectivity index (χ4n) is 3.11. The number of carbonyl (C=O) groups excluding carboxylic acids is 3. The van der Waals surface area contributed by atoms with E-state index in [2.05, 4.69) is 4.98 Å². The van der Waals surface area contributed by atoms with E-state index in [4.69, 9.17) is 0 Å². The van der Waals surface area contributed by atoms with Crippen LogP contribution in [-0.2, 0) is 6.54 Å². The first-order valence-corrected chi connectivity index (χ1v) is 8.25. The second-order valence-electron chi connectivity index (χ2n) is 6.46. The summed E-state index contributed by atoms with van der Waals surface area (Å²) in [5.74, 6) is -0.463. The average Bonchev–Trinajstić information content (AvgIpc) is 3.32. The number of carbonyl (C=O) groups is 3. The van der Waals surface area contributed by atoms with Crippen molar-refractivity contribution >= 4 is 17.6 Å². The predicted octanol–water partition coefficient (Wildman–Crippen LogP) is 1.13. The van der Waals surface area contributed by atoms with Crippen LogP contribution < -0.4 is 0 Å². The van der Waals surface area contributed by atoms with Crippen molar-refractivity contribution in [3.63, 3.8) is 0 Å². The summed E-state index contributed by atoms with van der Waals surface area (Å²) in [5, 5.41) is 10.4. The standard InChI is InChI=1S/C18H17N3O4/c22-12(9-20-8-7-19-16(20)15(23)11-5-6-11)10-21-17(24)13-3-1-2-4-14(13)18(21)25/h1-4,7-8,11-12,22H,5-6,9-10H2. The van der Waals surface area contributed by atoms with Gasteiger partial charge >= 0.3 is 0 Å². The van der Waals surface area contributed by atoms with Crippen molar-refractivity contribution in [2.75, 3.05) is 6.54 Å². The van der Waals surface area contributed by atoms with E-state index in [1.165, 1.54) is 6.20 Å². The molecule has 1 saturated carbocycles. The maximum Gasteiger partial charge on any atom is 0.261 e. The number of nitrogens with zero attached hydrogens (tertiary/aromatic N) is 3. The van der Waals surface area contributed by atoms with E-state index in [0.717, 1.165) is 17.7 Å². The SMILES string of the molecule is O=C(c1nccn1CC(O)CN1C(=O)c2ccccc2C1=O)C1CC1. The van der Waals surface area contributed by atoms with E-state index in [-0.39, 0.29) is 24.8 Å². The van der Waals surface area contributed by atoms with Gasteiger partial charge in [-0.2, -0.15) is 0 Å². The van der Waals surface area contributed by atoms with Crippen molar-refractivity contribution in [2.45, 2.75) is 25.5 Å². The molecule has 25 heavy (non-hydrogen) atoms. The zero-order valence-electron chi connectivity index (χ0n) is 13.5. The Hall–Kier alpha value is -2.80. The van der Waals surface area contributed by atoms with E-state index >= 15 is 0 Å². The third-order valence-electron chi connectivity index (χ3n) is 4.56. The summed E-state index contributed by atoms with van der Waals surface area (Å²) in [5.41, 5.74) is 0.707. The van der Waals surface area contributed by atoms with Crippen LogP contribution in [0.2, 0.25) is 0 Å². The number of β-amino-alcohol motifs (C(OH)–C–C–N with tert-alkyl or cyclic N) is 1. The monoisotopic (exact) mass is 339 g/mol. The number of imidazole rings is 1. The fraction of sp³-hybridized carbons (Fsp3) is 0.333. The summed E-state index contributed by atoms with van der Waals surface area (Å²) < 4.78 is 1.59. The molecule has 128 valence electrons. The number of rotatable bonds is 6. The number of Topliss-reactive ketones (excluding diaryl/α,β-unsaturated/α-hetero) is 1. The smallest absolute Gasteiger partial charge is 0.261 e. The van der Waals surface area contributed by atoms with Crippen LogP contribution in [0.4, 0.5) is 0 Å². The Morgan fingerprint density at radius 3 is 2.40 bits per heavy atom. The number of aliphatic hydroxyl groups is 1. The van der Waals surface area contributed by atoms with Gasteiger partial charge in [0.25, 0.3) is 11.8 Å². The molecule has 4 rings (SSSR count). The van der Waals surface area contributed by atoms with Crippen LogP contribution in [0, 0.1) is 5.92 Å². The molecule has 2 amide bonds. The number of amides is 2. The van der Waals surface area contributed by atoms with Gasteiger partial charge in [-0.1, -0.05) is 12.1 Å². The minimum absolute atomic E-state index is 0.0158. The first-order valence-electron chi connectivity index (χ1n) is 8.25. The third-order valence-corrected chi connectivity index (χ3v) is 4.56. The zero-order valence-corrected chi connectivity index (χ0v) is 13.5. The average molecular weight is 339 g/mol. The molecule has 0 bridgehead atoms. The molecule has 7 heteroatoms. The Morgan fingerprint density at radius 2 is 1.80 bits per heavy atom. The number of imide groups is 1. The highest BCUT2D eigenvalue weighted by Gasteiger charge is 2.37. The molecule has 0 saturated heterocycles. The van der Waals surface area contributed by atoms with Gasteiger partial charge in [0.15, 0.2) is 5.82 Å². The molecule has 1 aromatic heterocycles. The van der Waals surface area contributed by atoms with Crippen molar-refractivity contribution < 1.29 is 19.5 Å². The number of ketones is 1. The van der Waals surface area contributed by atoms with Gasteiger partial charge in [0.1, 0.15) is 0 Å². The number of aromatic nitrogens is 2. The van der Waals surface area contributed by atoms with Crippen LogP contribution in [0.15, 0.2) is 36.7 Å². The molecule has 1 atom stereocenters. The Labute approximate surface area is 143 Å². The van der Waals surface area contributed by atoms with Crippen molar-refractivity contribution in [1.82, 2.24) is 14.5 Å². The highest BCUT2D eigenvalue weighted by molar-refractivity contribution is 6.21. The molecule has 1 aliphatic carbocycles. The predicted molar refractivity (Wildman–Crippen MR) is 87.1 cm³/mol. The fourth-order valence-corrected chi connectivity index (χ4v) is 3.11. The van der Waals surface area contributed by atoms with Crippen LogP contribution in [-0.4, -0.2) is 49.8 Å². The molecule has 1 unspecified atom stereocenters. The minimum Gasteiger partial charge on any atom is -0.389 e. The highest BCUT2D eigenvalue weighted by atomic mass is 16.3. The number of benzene rings is 1. The molecule has 2 aliphatic rings. The van der Waals surface area contributed by atoms with Gasteiger partial charge < -0.3 is 9.67 Å². The molecule has 1 fully saturated rings. The maximum absolute atomic E-state index is 12.3. The summed E-state index contributed by atoms with van der Waals surface area (Å²) in [7, 11) is 0. The van der Waals surface area contributed by atoms with Gasteiger partial charge in [0.2, 0.25) is 5.78 Å². The molecule has 1 aliphatic heterocycles. The number of hydrogen-bond donors (Lipinski definition) is 1. The van der Waals surface area contributed by atoms with Crippen molar-refractivity contribution in [3.8, 4) is 0 Å². The molecular formula is C18H17N3O4. The molecule has 7 nitrogen and oxygen atoms in total. The van der Waals surface area contributed by atoms with Gasteiger partial charge in [0, 0.05) is 18.3 Å². The molecule has 1 aromatic carbocycles. The van der Waals surface area contributed by atoms with E-state index in [9.17, 15) is 19.5 Å². The normalized spacial score (nSPS) is 17.7. The lowest BCUT2D eigenvalue weighted by molar-refractivity contribution is 0.0518. The third kappa shape index (κ3) is 2.76. The molecule has 0 spiro atoms. The van der Waals surface area contributed by atoms with Crippen LogP contribution in [0.1, 0.15) is 44.2 Å². The summed E-state index contributed by atoms with van der Waals surface area (Å²) in [6.07, 6.45) is 3.92. The van der Waals surface area contributed by atoms with E-state index < -0.39 is 17.9 Å². The van der Waals surface area contributed by atoms with Crippen LogP contribution in [0.5, 0.6) is 0 Å². The summed E-state index contributed by atoms with van der Waals surface area (Å²) >= 11 is 0. The first-order chi connectivity index (χ1) is 12.1. The lowest BCUT2D eigenvalue weighted by atomic mass is 10.1. The van der Waals surface area contributed by atoms with Crippen LogP contribution >= 0.6 is 0 Å². The lowest BCUT2D eigenvalue weighted by Crippen LogP contribution is -2.38. The van der Waals surface area contributed by atoms with E-state index in [0.29, 0.717) is 17.0 Å². The summed E-state index contributed by atoms with van der Waals surface area (Å²) in [4.78, 5) is 42.0. The van der Waals surface area contributed by atoms with Gasteiger partial charge in [-0.3, -0.25) is 19.3 Å².